The molecule has 1 aromatic heterocycles. The van der Waals surface area contributed by atoms with Gasteiger partial charge in [0.2, 0.25) is 12.3 Å². The Morgan fingerprint density at radius 2 is 1.92 bits per heavy atom. The lowest BCUT2D eigenvalue weighted by atomic mass is 10.2. The molecular weight excluding hydrogens is 306 g/mol. The standard InChI is InChI=1S/C18H17N3O3/c1-13(17(22)19-11-14-5-3-2-4-6-14)24-16-9-7-15(8-10-16)18-21-20-12-23-18/h2-10,12-13H,11H2,1H3,(H,19,22)/t13-/m0/s1. The average Bonchev–Trinajstić information content (AvgIpc) is 3.16. The number of aromatic nitrogens is 2. The first kappa shape index (κ1) is 15.7. The lowest BCUT2D eigenvalue weighted by Crippen LogP contribution is -2.35. The van der Waals surface area contributed by atoms with Crippen molar-refractivity contribution in [1.29, 1.82) is 0 Å². The molecule has 6 nitrogen and oxygen atoms in total. The van der Waals surface area contributed by atoms with Gasteiger partial charge in [-0.05, 0) is 36.8 Å². The maximum absolute atomic E-state index is 12.1. The third-order valence-electron chi connectivity index (χ3n) is 3.45. The van der Waals surface area contributed by atoms with Gasteiger partial charge in [-0.25, -0.2) is 0 Å². The normalized spacial score (nSPS) is 11.7. The summed E-state index contributed by atoms with van der Waals surface area (Å²) in [6.45, 7) is 2.19. The second-order valence-electron chi connectivity index (χ2n) is 5.23. The fourth-order valence-corrected chi connectivity index (χ4v) is 2.16. The molecule has 0 saturated carbocycles. The first-order chi connectivity index (χ1) is 11.7. The minimum Gasteiger partial charge on any atom is -0.481 e. The third kappa shape index (κ3) is 3.98. The van der Waals surface area contributed by atoms with Crippen LogP contribution in [0.3, 0.4) is 0 Å². The molecule has 1 heterocycles. The Hall–Kier alpha value is -3.15. The fourth-order valence-electron chi connectivity index (χ4n) is 2.16. The monoisotopic (exact) mass is 323 g/mol. The van der Waals surface area contributed by atoms with Crippen molar-refractivity contribution in [1.82, 2.24) is 15.5 Å². The van der Waals surface area contributed by atoms with Crippen LogP contribution >= 0.6 is 0 Å². The summed E-state index contributed by atoms with van der Waals surface area (Å²) in [5.41, 5.74) is 1.84. The highest BCUT2D eigenvalue weighted by atomic mass is 16.5. The summed E-state index contributed by atoms with van der Waals surface area (Å²) in [5.74, 6) is 0.871. The van der Waals surface area contributed by atoms with E-state index in [1.54, 1.807) is 31.2 Å². The van der Waals surface area contributed by atoms with Crippen LogP contribution in [0.5, 0.6) is 5.75 Å². The van der Waals surface area contributed by atoms with Gasteiger partial charge in [0.15, 0.2) is 6.10 Å². The summed E-state index contributed by atoms with van der Waals surface area (Å²) in [6, 6.07) is 16.9. The zero-order chi connectivity index (χ0) is 16.8. The summed E-state index contributed by atoms with van der Waals surface area (Å²) in [6.07, 6.45) is 0.682. The number of nitrogens with one attached hydrogen (secondary N) is 1. The van der Waals surface area contributed by atoms with Gasteiger partial charge in [0.1, 0.15) is 5.75 Å². The molecule has 0 spiro atoms. The van der Waals surface area contributed by atoms with E-state index in [-0.39, 0.29) is 5.91 Å². The van der Waals surface area contributed by atoms with E-state index in [0.717, 1.165) is 11.1 Å². The zero-order valence-electron chi connectivity index (χ0n) is 13.2. The van der Waals surface area contributed by atoms with Crippen molar-refractivity contribution >= 4 is 5.91 Å². The second-order valence-corrected chi connectivity index (χ2v) is 5.23. The van der Waals surface area contributed by atoms with E-state index in [9.17, 15) is 4.79 Å². The van der Waals surface area contributed by atoms with E-state index in [1.165, 1.54) is 6.39 Å². The van der Waals surface area contributed by atoms with Gasteiger partial charge in [-0.2, -0.15) is 0 Å². The SMILES string of the molecule is C[C@H](Oc1ccc(-c2nnco2)cc1)C(=O)NCc1ccccc1. The van der Waals surface area contributed by atoms with Crippen LogP contribution in [-0.2, 0) is 11.3 Å². The highest BCUT2D eigenvalue weighted by Crippen LogP contribution is 2.20. The predicted molar refractivity (Wildman–Crippen MR) is 88.1 cm³/mol. The van der Waals surface area contributed by atoms with E-state index in [4.69, 9.17) is 9.15 Å². The lowest BCUT2D eigenvalue weighted by Gasteiger charge is -2.15. The molecule has 0 saturated heterocycles. The molecule has 24 heavy (non-hydrogen) atoms. The molecule has 0 aliphatic carbocycles. The van der Waals surface area contributed by atoms with Crippen LogP contribution in [0.15, 0.2) is 65.4 Å². The molecule has 1 atom stereocenters. The Labute approximate surface area is 139 Å². The average molecular weight is 323 g/mol. The molecule has 2 aromatic carbocycles. The number of nitrogens with zero attached hydrogens (tertiary/aromatic N) is 2. The summed E-state index contributed by atoms with van der Waals surface area (Å²) in [5, 5.41) is 10.3. The number of rotatable bonds is 6. The Kier molecular flexibility index (Phi) is 4.86. The lowest BCUT2D eigenvalue weighted by molar-refractivity contribution is -0.127. The van der Waals surface area contributed by atoms with Crippen molar-refractivity contribution in [3.8, 4) is 17.2 Å². The van der Waals surface area contributed by atoms with Gasteiger partial charge >= 0.3 is 0 Å². The topological polar surface area (TPSA) is 77.2 Å². The van der Waals surface area contributed by atoms with E-state index in [0.29, 0.717) is 18.2 Å². The number of ether oxygens (including phenoxy) is 1. The summed E-state index contributed by atoms with van der Waals surface area (Å²) >= 11 is 0. The van der Waals surface area contributed by atoms with Crippen molar-refractivity contribution in [3.63, 3.8) is 0 Å². The van der Waals surface area contributed by atoms with Gasteiger partial charge in [-0.15, -0.1) is 10.2 Å². The second kappa shape index (κ2) is 7.41. The minimum atomic E-state index is -0.594. The third-order valence-corrected chi connectivity index (χ3v) is 3.45. The van der Waals surface area contributed by atoms with Gasteiger partial charge in [0, 0.05) is 12.1 Å². The smallest absolute Gasteiger partial charge is 0.261 e. The van der Waals surface area contributed by atoms with Crippen molar-refractivity contribution in [2.75, 3.05) is 0 Å². The molecule has 6 heteroatoms. The Balaban J connectivity index is 1.54. The van der Waals surface area contributed by atoms with Gasteiger partial charge in [0.05, 0.1) is 0 Å². The first-order valence-electron chi connectivity index (χ1n) is 7.57. The minimum absolute atomic E-state index is 0.167. The number of hydrogen-bond acceptors (Lipinski definition) is 5. The Bertz CT molecular complexity index is 771. The molecule has 0 fully saturated rings. The van der Waals surface area contributed by atoms with Crippen molar-refractivity contribution in [2.24, 2.45) is 0 Å². The molecule has 3 aromatic rings. The molecule has 0 unspecified atom stereocenters. The molecule has 0 aliphatic heterocycles. The number of benzene rings is 2. The quantitative estimate of drug-likeness (QED) is 0.755. The van der Waals surface area contributed by atoms with Crippen LogP contribution in [0.2, 0.25) is 0 Å². The molecule has 1 amide bonds. The number of amides is 1. The van der Waals surface area contributed by atoms with Crippen LogP contribution in [0.4, 0.5) is 0 Å². The predicted octanol–water partition coefficient (Wildman–Crippen LogP) is 2.82. The highest BCUT2D eigenvalue weighted by molar-refractivity contribution is 5.80. The Morgan fingerprint density at radius 3 is 2.58 bits per heavy atom. The van der Waals surface area contributed by atoms with E-state index in [2.05, 4.69) is 15.5 Å². The summed E-state index contributed by atoms with van der Waals surface area (Å²) < 4.78 is 10.8. The number of carbonyl (C=O) groups is 1. The van der Waals surface area contributed by atoms with Gasteiger partial charge in [0.25, 0.3) is 5.91 Å². The van der Waals surface area contributed by atoms with Crippen molar-refractivity contribution in [3.05, 3.63) is 66.6 Å². The van der Waals surface area contributed by atoms with Crippen LogP contribution in [0, 0.1) is 0 Å². The fraction of sp³-hybridized carbons (Fsp3) is 0.167. The maximum atomic E-state index is 12.1. The number of hydrogen-bond donors (Lipinski definition) is 1. The van der Waals surface area contributed by atoms with Crippen molar-refractivity contribution in [2.45, 2.75) is 19.6 Å². The largest absolute Gasteiger partial charge is 0.481 e. The van der Waals surface area contributed by atoms with E-state index >= 15 is 0 Å². The molecule has 3 rings (SSSR count). The molecular formula is C18H17N3O3. The van der Waals surface area contributed by atoms with E-state index in [1.807, 2.05) is 30.3 Å². The molecule has 0 radical (unpaired) electrons. The van der Waals surface area contributed by atoms with Crippen LogP contribution in [0.25, 0.3) is 11.5 Å². The first-order valence-corrected chi connectivity index (χ1v) is 7.57. The molecule has 1 N–H and O–H groups in total. The van der Waals surface area contributed by atoms with Crippen LogP contribution in [-0.4, -0.2) is 22.2 Å². The van der Waals surface area contributed by atoms with Crippen LogP contribution < -0.4 is 10.1 Å². The van der Waals surface area contributed by atoms with Crippen molar-refractivity contribution < 1.29 is 13.9 Å². The molecule has 0 bridgehead atoms. The van der Waals surface area contributed by atoms with Gasteiger partial charge in [-0.1, -0.05) is 30.3 Å². The van der Waals surface area contributed by atoms with Gasteiger partial charge < -0.3 is 14.5 Å². The van der Waals surface area contributed by atoms with Crippen LogP contribution in [0.1, 0.15) is 12.5 Å². The Morgan fingerprint density at radius 1 is 1.17 bits per heavy atom. The zero-order valence-corrected chi connectivity index (χ0v) is 13.2. The number of carbonyl (C=O) groups excluding carboxylic acids is 1. The van der Waals surface area contributed by atoms with E-state index < -0.39 is 6.10 Å². The molecule has 0 aliphatic rings. The highest BCUT2D eigenvalue weighted by Gasteiger charge is 2.14. The molecule has 122 valence electrons. The maximum Gasteiger partial charge on any atom is 0.261 e. The summed E-state index contributed by atoms with van der Waals surface area (Å²) in [7, 11) is 0. The van der Waals surface area contributed by atoms with Gasteiger partial charge in [-0.3, -0.25) is 4.79 Å². The summed E-state index contributed by atoms with van der Waals surface area (Å²) in [4.78, 5) is 12.1.